The molecule has 0 aliphatic carbocycles. The Balaban J connectivity index is 1.68. The average molecular weight is 446 g/mol. The van der Waals surface area contributed by atoms with Gasteiger partial charge >= 0.3 is 12.1 Å². The van der Waals surface area contributed by atoms with Crippen LogP contribution in [-0.2, 0) is 15.7 Å². The molecule has 160 valence electrons. The fraction of sp³-hybridized carbons (Fsp3) is 0.263. The lowest BCUT2D eigenvalue weighted by Gasteiger charge is -2.21. The summed E-state index contributed by atoms with van der Waals surface area (Å²) in [4.78, 5) is 24.3. The molecule has 0 fully saturated rings. The number of methoxy groups -OCH3 is 1. The van der Waals surface area contributed by atoms with Crippen LogP contribution in [0.2, 0.25) is 5.02 Å². The van der Waals surface area contributed by atoms with Crippen LogP contribution < -0.4 is 19.5 Å². The molecule has 0 unspecified atom stereocenters. The van der Waals surface area contributed by atoms with Gasteiger partial charge in [-0.25, -0.2) is 4.79 Å². The fourth-order valence-corrected chi connectivity index (χ4v) is 2.82. The SMILES string of the molecule is COc1cc(C(=O)OCC(=O)Nc2ccc(Cl)cc2C(F)(F)F)cc2c1OCCO2. The van der Waals surface area contributed by atoms with Crippen molar-refractivity contribution in [2.24, 2.45) is 0 Å². The topological polar surface area (TPSA) is 83.1 Å². The summed E-state index contributed by atoms with van der Waals surface area (Å²) >= 11 is 5.59. The average Bonchev–Trinajstić information content (AvgIpc) is 2.71. The third kappa shape index (κ3) is 4.88. The van der Waals surface area contributed by atoms with Crippen molar-refractivity contribution in [1.82, 2.24) is 0 Å². The molecule has 0 spiro atoms. The van der Waals surface area contributed by atoms with Gasteiger partial charge in [0.25, 0.3) is 5.91 Å². The zero-order chi connectivity index (χ0) is 21.9. The van der Waals surface area contributed by atoms with Crippen LogP contribution in [0.15, 0.2) is 30.3 Å². The first-order chi connectivity index (χ1) is 14.2. The zero-order valence-corrected chi connectivity index (χ0v) is 16.2. The number of esters is 1. The Bertz CT molecular complexity index is 962. The van der Waals surface area contributed by atoms with E-state index < -0.39 is 35.9 Å². The summed E-state index contributed by atoms with van der Waals surface area (Å²) < 4.78 is 60.2. The van der Waals surface area contributed by atoms with Gasteiger partial charge in [-0.05, 0) is 30.3 Å². The maximum atomic E-state index is 13.1. The second kappa shape index (κ2) is 8.70. The first kappa shape index (κ1) is 21.6. The smallest absolute Gasteiger partial charge is 0.418 e. The van der Waals surface area contributed by atoms with E-state index in [9.17, 15) is 22.8 Å². The largest absolute Gasteiger partial charge is 0.493 e. The summed E-state index contributed by atoms with van der Waals surface area (Å²) in [7, 11) is 1.38. The summed E-state index contributed by atoms with van der Waals surface area (Å²) in [5.74, 6) is -1.01. The molecule has 1 N–H and O–H groups in total. The predicted octanol–water partition coefficient (Wildman–Crippen LogP) is 3.93. The van der Waals surface area contributed by atoms with Gasteiger partial charge < -0.3 is 24.3 Å². The lowest BCUT2D eigenvalue weighted by atomic mass is 10.1. The molecule has 7 nitrogen and oxygen atoms in total. The van der Waals surface area contributed by atoms with Crippen LogP contribution in [0.25, 0.3) is 0 Å². The standard InChI is InChI=1S/C19H15ClF3NO6/c1-27-14-6-10(7-15-17(14)29-5-4-28-15)18(26)30-9-16(25)24-13-3-2-11(20)8-12(13)19(21,22)23/h2-3,6-8H,4-5,9H2,1H3,(H,24,25). The second-order valence-corrected chi connectivity index (χ2v) is 6.45. The maximum Gasteiger partial charge on any atom is 0.418 e. The highest BCUT2D eigenvalue weighted by molar-refractivity contribution is 6.30. The predicted molar refractivity (Wildman–Crippen MR) is 99.4 cm³/mol. The van der Waals surface area contributed by atoms with Gasteiger partial charge in [-0.15, -0.1) is 0 Å². The first-order valence-corrected chi connectivity index (χ1v) is 8.88. The molecule has 1 aliphatic rings. The van der Waals surface area contributed by atoms with Crippen LogP contribution >= 0.6 is 11.6 Å². The van der Waals surface area contributed by atoms with Crippen LogP contribution in [-0.4, -0.2) is 38.8 Å². The number of anilines is 1. The van der Waals surface area contributed by atoms with Crippen molar-refractivity contribution >= 4 is 29.2 Å². The van der Waals surface area contributed by atoms with E-state index in [0.29, 0.717) is 18.4 Å². The number of nitrogens with one attached hydrogen (secondary N) is 1. The van der Waals surface area contributed by atoms with Gasteiger partial charge in [0.05, 0.1) is 23.9 Å². The third-order valence-corrected chi connectivity index (χ3v) is 4.19. The zero-order valence-electron chi connectivity index (χ0n) is 15.5. The van der Waals surface area contributed by atoms with Gasteiger partial charge in [-0.3, -0.25) is 4.79 Å². The molecule has 1 heterocycles. The molecule has 3 rings (SSSR count). The Kier molecular flexibility index (Phi) is 6.25. The van der Waals surface area contributed by atoms with Crippen LogP contribution in [0.5, 0.6) is 17.2 Å². The lowest BCUT2D eigenvalue weighted by Crippen LogP contribution is -2.23. The van der Waals surface area contributed by atoms with Crippen LogP contribution in [0.3, 0.4) is 0 Å². The Hall–Kier alpha value is -3.14. The molecule has 0 aromatic heterocycles. The number of alkyl halides is 3. The van der Waals surface area contributed by atoms with Crippen molar-refractivity contribution in [2.75, 3.05) is 32.2 Å². The molecule has 2 aromatic rings. The highest BCUT2D eigenvalue weighted by Crippen LogP contribution is 2.40. The van der Waals surface area contributed by atoms with Crippen LogP contribution in [0.4, 0.5) is 18.9 Å². The quantitative estimate of drug-likeness (QED) is 0.702. The number of carbonyl (C=O) groups is 2. The van der Waals surface area contributed by atoms with E-state index in [-0.39, 0.29) is 28.7 Å². The fourth-order valence-electron chi connectivity index (χ4n) is 2.65. The molecular formula is C19H15ClF3NO6. The van der Waals surface area contributed by atoms with E-state index in [4.69, 9.17) is 30.5 Å². The van der Waals surface area contributed by atoms with Crippen molar-refractivity contribution in [3.63, 3.8) is 0 Å². The highest BCUT2D eigenvalue weighted by atomic mass is 35.5. The van der Waals surface area contributed by atoms with Crippen LogP contribution in [0, 0.1) is 0 Å². The van der Waals surface area contributed by atoms with Gasteiger partial charge in [0.1, 0.15) is 13.2 Å². The lowest BCUT2D eigenvalue weighted by molar-refractivity contribution is -0.137. The van der Waals surface area contributed by atoms with Gasteiger partial charge in [-0.1, -0.05) is 11.6 Å². The van der Waals surface area contributed by atoms with E-state index in [1.54, 1.807) is 0 Å². The third-order valence-electron chi connectivity index (χ3n) is 3.96. The first-order valence-electron chi connectivity index (χ1n) is 8.50. The molecule has 0 radical (unpaired) electrons. The Morgan fingerprint density at radius 2 is 1.90 bits per heavy atom. The van der Waals surface area contributed by atoms with Gasteiger partial charge in [0.15, 0.2) is 18.1 Å². The number of hydrogen-bond acceptors (Lipinski definition) is 6. The molecule has 0 bridgehead atoms. The molecule has 0 saturated carbocycles. The van der Waals surface area contributed by atoms with Crippen molar-refractivity contribution in [1.29, 1.82) is 0 Å². The minimum Gasteiger partial charge on any atom is -0.493 e. The van der Waals surface area contributed by atoms with E-state index in [2.05, 4.69) is 5.32 Å². The molecule has 30 heavy (non-hydrogen) atoms. The number of benzene rings is 2. The number of ether oxygens (including phenoxy) is 4. The normalized spacial score (nSPS) is 12.8. The highest BCUT2D eigenvalue weighted by Gasteiger charge is 2.34. The van der Waals surface area contributed by atoms with E-state index in [1.807, 2.05) is 0 Å². The van der Waals surface area contributed by atoms with Crippen molar-refractivity contribution < 1.29 is 41.7 Å². The molecule has 2 aromatic carbocycles. The molecule has 0 atom stereocenters. The number of carbonyl (C=O) groups excluding carboxylic acids is 2. The van der Waals surface area contributed by atoms with Gasteiger partial charge in [0.2, 0.25) is 5.75 Å². The molecule has 11 heteroatoms. The van der Waals surface area contributed by atoms with Crippen LogP contribution in [0.1, 0.15) is 15.9 Å². The number of fused-ring (bicyclic) bond motifs is 1. The molecular weight excluding hydrogens is 431 g/mol. The molecule has 0 saturated heterocycles. The summed E-state index contributed by atoms with van der Waals surface area (Å²) in [5.41, 5.74) is -1.61. The van der Waals surface area contributed by atoms with Gasteiger partial charge in [-0.2, -0.15) is 13.2 Å². The second-order valence-electron chi connectivity index (χ2n) is 6.01. The Morgan fingerprint density at radius 3 is 2.60 bits per heavy atom. The van der Waals surface area contributed by atoms with E-state index in [0.717, 1.165) is 6.07 Å². The summed E-state index contributed by atoms with van der Waals surface area (Å²) in [6.45, 7) is -0.215. The van der Waals surface area contributed by atoms with Crippen molar-refractivity contribution in [3.8, 4) is 17.2 Å². The number of hydrogen-bond donors (Lipinski definition) is 1. The maximum absolute atomic E-state index is 13.1. The Labute approximate surface area is 173 Å². The van der Waals surface area contributed by atoms with E-state index in [1.165, 1.54) is 25.3 Å². The van der Waals surface area contributed by atoms with E-state index >= 15 is 0 Å². The van der Waals surface area contributed by atoms with Gasteiger partial charge in [0, 0.05) is 5.02 Å². The molecule has 1 aliphatic heterocycles. The summed E-state index contributed by atoms with van der Waals surface area (Å²) in [5, 5.41) is 1.92. The number of rotatable bonds is 5. The minimum absolute atomic E-state index is 0.0198. The summed E-state index contributed by atoms with van der Waals surface area (Å²) in [6.07, 6.45) is -4.73. The Morgan fingerprint density at radius 1 is 1.17 bits per heavy atom. The minimum atomic E-state index is -4.73. The molecule has 1 amide bonds. The van der Waals surface area contributed by atoms with Crippen molar-refractivity contribution in [2.45, 2.75) is 6.18 Å². The number of amides is 1. The monoisotopic (exact) mass is 445 g/mol. The van der Waals surface area contributed by atoms with Crippen molar-refractivity contribution in [3.05, 3.63) is 46.5 Å². The number of halogens is 4. The summed E-state index contributed by atoms with van der Waals surface area (Å²) in [6, 6.07) is 5.59.